The summed E-state index contributed by atoms with van der Waals surface area (Å²) >= 11 is 0. The molecule has 0 N–H and O–H groups in total. The van der Waals surface area contributed by atoms with Gasteiger partial charge in [-0.1, -0.05) is 6.58 Å². The van der Waals surface area contributed by atoms with Crippen molar-refractivity contribution in [3.63, 3.8) is 0 Å². The van der Waals surface area contributed by atoms with Crippen LogP contribution in [0.3, 0.4) is 0 Å². The third-order valence-corrected chi connectivity index (χ3v) is 41.8. The van der Waals surface area contributed by atoms with Crippen LogP contribution in [0.25, 0.3) is 0 Å². The van der Waals surface area contributed by atoms with Crippen molar-refractivity contribution in [2.24, 2.45) is 0 Å². The van der Waals surface area contributed by atoms with Crippen LogP contribution < -0.4 is 0 Å². The Morgan fingerprint density at radius 1 is 0.531 bits per heavy atom. The van der Waals surface area contributed by atoms with Crippen LogP contribution in [0, 0.1) is 0 Å². The van der Waals surface area contributed by atoms with Gasteiger partial charge in [0.2, 0.25) is 0 Å². The lowest BCUT2D eigenvalue weighted by Crippen LogP contribution is -2.62. The van der Waals surface area contributed by atoms with Crippen molar-refractivity contribution in [2.45, 2.75) is 173 Å². The van der Waals surface area contributed by atoms with Gasteiger partial charge in [0.05, 0.1) is 6.61 Å². The first-order valence-corrected chi connectivity index (χ1v) is 47.5. The van der Waals surface area contributed by atoms with Gasteiger partial charge in [0.1, 0.15) is 0 Å². The Balaban J connectivity index is 6.57. The van der Waals surface area contributed by atoms with Crippen molar-refractivity contribution in [3.05, 3.63) is 12.2 Å². The van der Waals surface area contributed by atoms with E-state index in [1.54, 1.807) is 6.92 Å². The zero-order chi connectivity index (χ0) is 38.7. The first kappa shape index (κ1) is 50.1. The van der Waals surface area contributed by atoms with E-state index < -0.39 is 85.8 Å². The van der Waals surface area contributed by atoms with Gasteiger partial charge in [0.15, 0.2) is 77.0 Å². The number of carbonyl (C=O) groups excluding carboxylic acids is 1. The summed E-state index contributed by atoms with van der Waals surface area (Å²) in [4.78, 5) is 12.3. The smallest absolute Gasteiger partial charge is 0.462 e. The molecule has 0 saturated carbocycles. The molecule has 0 bridgehead atoms. The Labute approximate surface area is 316 Å². The van der Waals surface area contributed by atoms with Crippen LogP contribution in [0.2, 0.25) is 160 Å². The molecule has 0 aromatic carbocycles. The summed E-state index contributed by atoms with van der Waals surface area (Å²) in [6.45, 7) is 47.4. The van der Waals surface area contributed by atoms with Crippen LogP contribution >= 0.6 is 0 Å². The Hall–Kier alpha value is 1.14. The number of carbonyl (C=O) groups is 1. The second-order valence-corrected chi connectivity index (χ2v) is 57.5. The Morgan fingerprint density at radius 2 is 0.816 bits per heavy atom. The fourth-order valence-electron chi connectivity index (χ4n) is 5.85. The van der Waals surface area contributed by atoms with Crippen molar-refractivity contribution < 1.29 is 34.2 Å². The zero-order valence-corrected chi connectivity index (χ0v) is 46.0. The predicted octanol–water partition coefficient (Wildman–Crippen LogP) is 9.72. The van der Waals surface area contributed by atoms with E-state index in [1.165, 1.54) is 0 Å². The van der Waals surface area contributed by atoms with Crippen molar-refractivity contribution in [2.75, 3.05) is 6.61 Å². The summed E-state index contributed by atoms with van der Waals surface area (Å²) in [5.41, 5.74) is 0.416. The molecule has 3 unspecified atom stereocenters. The van der Waals surface area contributed by atoms with Crippen LogP contribution in [0.4, 0.5) is 0 Å². The maximum atomic E-state index is 12.3. The minimum atomic E-state index is -3.24. The maximum absolute atomic E-state index is 12.3. The molecule has 0 aliphatic heterocycles. The van der Waals surface area contributed by atoms with Crippen molar-refractivity contribution >= 4 is 91.8 Å². The average molecular weight is 862 g/mol. The van der Waals surface area contributed by atoms with Crippen LogP contribution in [-0.2, 0) is 34.2 Å². The van der Waals surface area contributed by atoms with Crippen LogP contribution in [0.5, 0.6) is 0 Å². The molecule has 8 nitrogen and oxygen atoms in total. The third kappa shape index (κ3) is 26.5. The first-order valence-electron chi connectivity index (χ1n) is 18.7. The molecule has 292 valence electrons. The fourth-order valence-corrected chi connectivity index (χ4v) is 49.7. The quantitative estimate of drug-likeness (QED) is 0.0368. The molecular formula is C31H80O8Si10. The van der Waals surface area contributed by atoms with E-state index in [2.05, 4.69) is 124 Å². The molecule has 0 spiro atoms. The van der Waals surface area contributed by atoms with Gasteiger partial charge in [0, 0.05) is 11.6 Å². The van der Waals surface area contributed by atoms with Crippen LogP contribution in [0.15, 0.2) is 12.2 Å². The molecule has 0 rings (SSSR count). The minimum Gasteiger partial charge on any atom is -0.462 e. The lowest BCUT2D eigenvalue weighted by atomic mass is 10.4. The summed E-state index contributed by atoms with van der Waals surface area (Å²) in [7, 11) is -18.7. The monoisotopic (exact) mass is 860 g/mol. The van der Waals surface area contributed by atoms with Gasteiger partial charge in [-0.25, -0.2) is 4.79 Å². The maximum Gasteiger partial charge on any atom is 0.469 e. The van der Waals surface area contributed by atoms with Crippen LogP contribution in [-0.4, -0.2) is 98.4 Å². The number of rotatable bonds is 26. The SMILES string of the molecule is C=C(C)C(=O)OCCC[Si](O[Si](C)(C)CC[SiH](C)O[Si](C)(C)C)(O[Si](C)(C)CC[SiH](C)O[Si](C)(C)C)O[Si](C)(C)CC[SiH](C)O[Si](C)(C)C. The third-order valence-electron chi connectivity index (χ3n) is 7.63. The molecule has 0 aromatic rings. The van der Waals surface area contributed by atoms with Gasteiger partial charge >= 0.3 is 14.8 Å². The Bertz CT molecular complexity index is 912. The number of esters is 1. The summed E-state index contributed by atoms with van der Waals surface area (Å²) in [5, 5.41) is 0. The molecule has 0 saturated heterocycles. The molecule has 0 radical (unpaired) electrons. The first-order chi connectivity index (χ1) is 21.8. The Morgan fingerprint density at radius 3 is 1.06 bits per heavy atom. The number of hydrogen-bond acceptors (Lipinski definition) is 8. The number of ether oxygens (including phenoxy) is 1. The van der Waals surface area contributed by atoms with Gasteiger partial charge < -0.3 is 29.4 Å². The highest BCUT2D eigenvalue weighted by molar-refractivity contribution is 6.91. The van der Waals surface area contributed by atoms with Gasteiger partial charge in [-0.15, -0.1) is 0 Å². The molecule has 0 amide bonds. The molecular weight excluding hydrogens is 781 g/mol. The topological polar surface area (TPSA) is 81.7 Å². The van der Waals surface area contributed by atoms with Gasteiger partial charge in [-0.2, -0.15) is 0 Å². The van der Waals surface area contributed by atoms with E-state index in [9.17, 15) is 4.79 Å². The number of hydrogen-bond donors (Lipinski definition) is 0. The summed E-state index contributed by atoms with van der Waals surface area (Å²) in [5.74, 6) is -0.349. The van der Waals surface area contributed by atoms with Crippen molar-refractivity contribution in [3.8, 4) is 0 Å². The van der Waals surface area contributed by atoms with Crippen LogP contribution in [0.1, 0.15) is 13.3 Å². The van der Waals surface area contributed by atoms with E-state index in [-0.39, 0.29) is 5.97 Å². The van der Waals surface area contributed by atoms with Gasteiger partial charge in [-0.05, 0) is 167 Å². The molecule has 0 fully saturated rings. The molecule has 3 atom stereocenters. The van der Waals surface area contributed by atoms with E-state index in [1.807, 2.05) is 0 Å². The largest absolute Gasteiger partial charge is 0.469 e. The second-order valence-electron chi connectivity index (χ2n) is 19.0. The highest BCUT2D eigenvalue weighted by Crippen LogP contribution is 2.35. The Kier molecular flexibility index (Phi) is 21.2. The van der Waals surface area contributed by atoms with Crippen molar-refractivity contribution in [1.29, 1.82) is 0 Å². The van der Waals surface area contributed by atoms with E-state index in [0.717, 1.165) is 36.3 Å². The average Bonchev–Trinajstić information content (AvgIpc) is 2.84. The van der Waals surface area contributed by atoms with E-state index in [0.29, 0.717) is 24.6 Å². The minimum absolute atomic E-state index is 0.304. The molecule has 49 heavy (non-hydrogen) atoms. The summed E-state index contributed by atoms with van der Waals surface area (Å²) in [6, 6.07) is 7.03. The molecule has 0 aliphatic carbocycles. The molecule has 0 aliphatic rings. The standard InChI is InChI=1S/C31H80O8Si10/c1-30(2)31(32)33-22-21-26-49(37-46(15,16)27-23-40(3)34-43(6,7)8,38-47(17,18)28-24-41(4)35-44(9,10)11)39-48(19,20)29-25-42(5)36-45(12,13)14/h40-42H,1,21-29H2,2-20H3. The lowest BCUT2D eigenvalue weighted by Gasteiger charge is -2.45. The summed E-state index contributed by atoms with van der Waals surface area (Å²) < 4.78 is 47.8. The normalized spacial score (nSPS) is 17.0. The summed E-state index contributed by atoms with van der Waals surface area (Å²) in [6.07, 6.45) is 0.641. The molecule has 0 aromatic heterocycles. The lowest BCUT2D eigenvalue weighted by molar-refractivity contribution is -0.139. The van der Waals surface area contributed by atoms with Gasteiger partial charge in [-0.3, -0.25) is 0 Å². The molecule has 18 heteroatoms. The van der Waals surface area contributed by atoms with Crippen molar-refractivity contribution in [1.82, 2.24) is 0 Å². The van der Waals surface area contributed by atoms with E-state index in [4.69, 9.17) is 29.4 Å². The zero-order valence-electron chi connectivity index (χ0n) is 35.6. The molecule has 0 heterocycles. The highest BCUT2D eigenvalue weighted by atomic mass is 28.5. The van der Waals surface area contributed by atoms with Gasteiger partial charge in [0.25, 0.3) is 0 Å². The second kappa shape index (κ2) is 20.7. The predicted molar refractivity (Wildman–Crippen MR) is 238 cm³/mol. The fraction of sp³-hybridized carbons (Fsp3) is 0.903. The van der Waals surface area contributed by atoms with E-state index >= 15 is 0 Å². The highest BCUT2D eigenvalue weighted by Gasteiger charge is 2.52.